The molecule has 0 radical (unpaired) electrons. The summed E-state index contributed by atoms with van der Waals surface area (Å²) in [5, 5.41) is 8.82. The molecule has 1 heterocycles. The summed E-state index contributed by atoms with van der Waals surface area (Å²) in [6.45, 7) is 3.42. The number of aliphatic hydroxyl groups excluding tert-OH is 1. The van der Waals surface area contributed by atoms with Gasteiger partial charge in [0.1, 0.15) is 0 Å². The summed E-state index contributed by atoms with van der Waals surface area (Å²) in [7, 11) is 4.33. The van der Waals surface area contributed by atoms with E-state index in [-0.39, 0.29) is 12.6 Å². The van der Waals surface area contributed by atoms with Gasteiger partial charge < -0.3 is 20.6 Å². The smallest absolute Gasteiger partial charge is 0.0583 e. The molecule has 0 saturated carbocycles. The van der Waals surface area contributed by atoms with Crippen LogP contribution < -0.4 is 5.73 Å². The second kappa shape index (κ2) is 6.43. The van der Waals surface area contributed by atoms with Crippen molar-refractivity contribution in [2.24, 2.45) is 5.73 Å². The Kier molecular flexibility index (Phi) is 5.53. The molecule has 15 heavy (non-hydrogen) atoms. The second-order valence-corrected chi connectivity index (χ2v) is 4.77. The van der Waals surface area contributed by atoms with Crippen LogP contribution in [0.2, 0.25) is 0 Å². The van der Waals surface area contributed by atoms with E-state index in [1.807, 2.05) is 0 Å². The second-order valence-electron chi connectivity index (χ2n) is 4.77. The van der Waals surface area contributed by atoms with Gasteiger partial charge in [-0.3, -0.25) is 0 Å². The lowest BCUT2D eigenvalue weighted by atomic mass is 10.2. The number of nitrogens with zero attached hydrogens (tertiary/aromatic N) is 2. The highest BCUT2D eigenvalue weighted by Crippen LogP contribution is 2.15. The van der Waals surface area contributed by atoms with E-state index in [0.29, 0.717) is 6.04 Å². The number of aliphatic hydroxyl groups is 1. The van der Waals surface area contributed by atoms with Gasteiger partial charge in [-0.2, -0.15) is 0 Å². The minimum atomic E-state index is -0.0613. The van der Waals surface area contributed by atoms with Crippen LogP contribution in [0, 0.1) is 0 Å². The first-order valence-electron chi connectivity index (χ1n) is 5.88. The van der Waals surface area contributed by atoms with Crippen molar-refractivity contribution in [3.05, 3.63) is 0 Å². The average Bonchev–Trinajstić information content (AvgIpc) is 2.61. The zero-order chi connectivity index (χ0) is 11.3. The molecule has 2 atom stereocenters. The van der Waals surface area contributed by atoms with Gasteiger partial charge in [-0.15, -0.1) is 0 Å². The zero-order valence-electron chi connectivity index (χ0n) is 10.0. The molecule has 3 N–H and O–H groups in total. The van der Waals surface area contributed by atoms with Crippen LogP contribution in [0.4, 0.5) is 0 Å². The molecular formula is C11H25N3O. The Labute approximate surface area is 93.0 Å². The number of likely N-dealkylation sites (N-methyl/N-ethyl adjacent to an activating group) is 2. The normalized spacial score (nSPS) is 25.0. The van der Waals surface area contributed by atoms with Gasteiger partial charge in [0.2, 0.25) is 0 Å². The summed E-state index contributed by atoms with van der Waals surface area (Å²) in [4.78, 5) is 4.75. The Balaban J connectivity index is 2.14. The standard InChI is InChI=1S/C11H25N3O/c1-13(7-5-10(12)9-15)8-11-4-3-6-14(11)2/h10-11,15H,3-9,12H2,1-2H3. The number of nitrogens with two attached hydrogens (primary N) is 1. The summed E-state index contributed by atoms with van der Waals surface area (Å²) in [6.07, 6.45) is 3.52. The molecule has 0 bridgehead atoms. The molecule has 1 aliphatic rings. The number of rotatable bonds is 6. The summed E-state index contributed by atoms with van der Waals surface area (Å²) in [5.41, 5.74) is 5.67. The predicted octanol–water partition coefficient (Wildman–Crippen LogP) is -0.278. The summed E-state index contributed by atoms with van der Waals surface area (Å²) in [5.74, 6) is 0. The van der Waals surface area contributed by atoms with Crippen LogP contribution in [0.1, 0.15) is 19.3 Å². The van der Waals surface area contributed by atoms with Gasteiger partial charge in [-0.1, -0.05) is 0 Å². The van der Waals surface area contributed by atoms with Crippen LogP contribution in [0.15, 0.2) is 0 Å². The third-order valence-corrected chi connectivity index (χ3v) is 3.31. The summed E-state index contributed by atoms with van der Waals surface area (Å²) < 4.78 is 0. The first-order valence-corrected chi connectivity index (χ1v) is 5.88. The molecule has 0 aromatic rings. The molecule has 90 valence electrons. The van der Waals surface area contributed by atoms with Crippen molar-refractivity contribution in [3.8, 4) is 0 Å². The Morgan fingerprint density at radius 1 is 1.60 bits per heavy atom. The number of hydrogen-bond acceptors (Lipinski definition) is 4. The Bertz CT molecular complexity index is 177. The van der Waals surface area contributed by atoms with Crippen LogP contribution in [-0.4, -0.2) is 67.3 Å². The van der Waals surface area contributed by atoms with E-state index < -0.39 is 0 Å². The molecule has 1 aliphatic heterocycles. The zero-order valence-corrected chi connectivity index (χ0v) is 10.0. The Morgan fingerprint density at radius 3 is 2.87 bits per heavy atom. The molecule has 0 aromatic heterocycles. The largest absolute Gasteiger partial charge is 0.395 e. The first-order chi connectivity index (χ1) is 7.13. The minimum Gasteiger partial charge on any atom is -0.395 e. The third kappa shape index (κ3) is 4.47. The summed E-state index contributed by atoms with van der Waals surface area (Å²) >= 11 is 0. The van der Waals surface area contributed by atoms with E-state index in [9.17, 15) is 0 Å². The molecule has 1 fully saturated rings. The molecule has 0 aliphatic carbocycles. The average molecular weight is 215 g/mol. The Morgan fingerprint density at radius 2 is 2.33 bits per heavy atom. The third-order valence-electron chi connectivity index (χ3n) is 3.31. The fourth-order valence-electron chi connectivity index (χ4n) is 2.14. The maximum absolute atomic E-state index is 8.82. The fraction of sp³-hybridized carbons (Fsp3) is 1.00. The number of likely N-dealkylation sites (tertiary alicyclic amines) is 1. The predicted molar refractivity (Wildman–Crippen MR) is 62.8 cm³/mol. The molecule has 2 unspecified atom stereocenters. The SMILES string of the molecule is CN(CCC(N)CO)CC1CCCN1C. The van der Waals surface area contributed by atoms with Crippen molar-refractivity contribution >= 4 is 0 Å². The molecule has 0 amide bonds. The maximum Gasteiger partial charge on any atom is 0.0583 e. The van der Waals surface area contributed by atoms with Gasteiger partial charge >= 0.3 is 0 Å². The van der Waals surface area contributed by atoms with Gasteiger partial charge in [0.25, 0.3) is 0 Å². The van der Waals surface area contributed by atoms with E-state index >= 15 is 0 Å². The molecule has 0 spiro atoms. The highest BCUT2D eigenvalue weighted by molar-refractivity contribution is 4.79. The van der Waals surface area contributed by atoms with Gasteiger partial charge in [-0.05, 0) is 46.4 Å². The van der Waals surface area contributed by atoms with Gasteiger partial charge in [0.15, 0.2) is 0 Å². The van der Waals surface area contributed by atoms with Crippen LogP contribution >= 0.6 is 0 Å². The highest BCUT2D eigenvalue weighted by atomic mass is 16.3. The molecule has 4 heteroatoms. The minimum absolute atomic E-state index is 0.0613. The van der Waals surface area contributed by atoms with Crippen molar-refractivity contribution in [3.63, 3.8) is 0 Å². The maximum atomic E-state index is 8.82. The van der Waals surface area contributed by atoms with Crippen LogP contribution in [0.5, 0.6) is 0 Å². The van der Waals surface area contributed by atoms with Gasteiger partial charge in [-0.25, -0.2) is 0 Å². The van der Waals surface area contributed by atoms with Crippen molar-refractivity contribution in [1.82, 2.24) is 9.80 Å². The van der Waals surface area contributed by atoms with E-state index in [4.69, 9.17) is 10.8 Å². The highest BCUT2D eigenvalue weighted by Gasteiger charge is 2.21. The summed E-state index contributed by atoms with van der Waals surface area (Å²) in [6, 6.07) is 0.647. The van der Waals surface area contributed by atoms with Crippen molar-refractivity contribution in [2.75, 3.05) is 40.3 Å². The lowest BCUT2D eigenvalue weighted by molar-refractivity contribution is 0.203. The molecule has 1 rings (SSSR count). The lowest BCUT2D eigenvalue weighted by Crippen LogP contribution is -2.38. The van der Waals surface area contributed by atoms with Gasteiger partial charge in [0.05, 0.1) is 6.61 Å². The topological polar surface area (TPSA) is 52.7 Å². The van der Waals surface area contributed by atoms with E-state index in [1.165, 1.54) is 19.4 Å². The van der Waals surface area contributed by atoms with Crippen molar-refractivity contribution in [2.45, 2.75) is 31.3 Å². The van der Waals surface area contributed by atoms with Crippen LogP contribution in [0.3, 0.4) is 0 Å². The van der Waals surface area contributed by atoms with Crippen LogP contribution in [-0.2, 0) is 0 Å². The first kappa shape index (κ1) is 12.9. The molecule has 0 aromatic carbocycles. The number of hydrogen-bond donors (Lipinski definition) is 2. The van der Waals surface area contributed by atoms with E-state index in [2.05, 4.69) is 23.9 Å². The van der Waals surface area contributed by atoms with Crippen molar-refractivity contribution in [1.29, 1.82) is 0 Å². The van der Waals surface area contributed by atoms with Gasteiger partial charge in [0, 0.05) is 18.6 Å². The van der Waals surface area contributed by atoms with Crippen molar-refractivity contribution < 1.29 is 5.11 Å². The quantitative estimate of drug-likeness (QED) is 0.640. The van der Waals surface area contributed by atoms with Crippen LogP contribution in [0.25, 0.3) is 0 Å². The molecule has 4 nitrogen and oxygen atoms in total. The monoisotopic (exact) mass is 215 g/mol. The Hall–Kier alpha value is -0.160. The van der Waals surface area contributed by atoms with E-state index in [1.54, 1.807) is 0 Å². The molecule has 1 saturated heterocycles. The fourth-order valence-corrected chi connectivity index (χ4v) is 2.14. The lowest BCUT2D eigenvalue weighted by Gasteiger charge is -2.26. The molecular weight excluding hydrogens is 190 g/mol. The van der Waals surface area contributed by atoms with E-state index in [0.717, 1.165) is 19.5 Å².